The maximum absolute atomic E-state index is 13.8. The van der Waals surface area contributed by atoms with E-state index >= 15 is 0 Å². The van der Waals surface area contributed by atoms with Crippen LogP contribution >= 0.6 is 0 Å². The minimum absolute atomic E-state index is 0.0241. The molecule has 2 amide bonds. The zero-order valence-corrected chi connectivity index (χ0v) is 16.7. The van der Waals surface area contributed by atoms with Crippen molar-refractivity contribution < 1.29 is 23.5 Å². The Morgan fingerprint density at radius 3 is 2.34 bits per heavy atom. The topological polar surface area (TPSA) is 59.1 Å². The fourth-order valence-electron chi connectivity index (χ4n) is 3.44. The van der Waals surface area contributed by atoms with E-state index in [0.717, 1.165) is 0 Å². The fourth-order valence-corrected chi connectivity index (χ4v) is 3.44. The molecular weight excluding hydrogens is 375 g/mol. The van der Waals surface area contributed by atoms with Gasteiger partial charge in [-0.05, 0) is 36.2 Å². The van der Waals surface area contributed by atoms with Gasteiger partial charge in [0.1, 0.15) is 5.82 Å². The van der Waals surface area contributed by atoms with Gasteiger partial charge in [0.2, 0.25) is 5.91 Å². The van der Waals surface area contributed by atoms with Gasteiger partial charge in [-0.25, -0.2) is 4.39 Å². The fraction of sp³-hybridized carbons (Fsp3) is 0.364. The van der Waals surface area contributed by atoms with Crippen LogP contribution in [0.4, 0.5) is 4.39 Å². The van der Waals surface area contributed by atoms with Crippen molar-refractivity contribution in [1.29, 1.82) is 0 Å². The monoisotopic (exact) mass is 400 g/mol. The van der Waals surface area contributed by atoms with E-state index in [4.69, 9.17) is 9.47 Å². The van der Waals surface area contributed by atoms with Crippen LogP contribution in [0.5, 0.6) is 11.5 Å². The number of methoxy groups -OCH3 is 2. The third-order valence-electron chi connectivity index (χ3n) is 5.07. The standard InChI is InChI=1S/C22H25FN2O4/c1-28-19-9-8-17(14-20(19)29-2)22(27)25-11-5-10-24(12-13-25)21(26)15-16-6-3-4-7-18(16)23/h3-4,6-9,14H,5,10-13,15H2,1-2H3. The zero-order valence-electron chi connectivity index (χ0n) is 16.7. The zero-order chi connectivity index (χ0) is 20.8. The van der Waals surface area contributed by atoms with Gasteiger partial charge in [-0.1, -0.05) is 18.2 Å². The van der Waals surface area contributed by atoms with Gasteiger partial charge < -0.3 is 19.3 Å². The number of hydrogen-bond donors (Lipinski definition) is 0. The molecule has 6 nitrogen and oxygen atoms in total. The van der Waals surface area contributed by atoms with Gasteiger partial charge in [-0.15, -0.1) is 0 Å². The molecule has 154 valence electrons. The molecule has 1 aliphatic rings. The molecule has 7 heteroatoms. The lowest BCUT2D eigenvalue weighted by atomic mass is 10.1. The van der Waals surface area contributed by atoms with Gasteiger partial charge in [0.25, 0.3) is 5.91 Å². The van der Waals surface area contributed by atoms with Gasteiger partial charge in [0.15, 0.2) is 11.5 Å². The number of hydrogen-bond acceptors (Lipinski definition) is 4. The van der Waals surface area contributed by atoms with E-state index in [1.807, 2.05) is 0 Å². The summed E-state index contributed by atoms with van der Waals surface area (Å²) in [5.74, 6) is 0.436. The molecule has 0 atom stereocenters. The summed E-state index contributed by atoms with van der Waals surface area (Å²) in [6, 6.07) is 11.4. The van der Waals surface area contributed by atoms with Gasteiger partial charge >= 0.3 is 0 Å². The Bertz CT molecular complexity index is 887. The third kappa shape index (κ3) is 4.85. The Labute approximate surface area is 169 Å². The average Bonchev–Trinajstić information content (AvgIpc) is 3.00. The Hall–Kier alpha value is -3.09. The Morgan fingerprint density at radius 2 is 1.62 bits per heavy atom. The molecule has 0 aromatic heterocycles. The Balaban J connectivity index is 1.64. The SMILES string of the molecule is COc1ccc(C(=O)N2CCCN(C(=O)Cc3ccccc3F)CC2)cc1OC. The summed E-state index contributed by atoms with van der Waals surface area (Å²) in [4.78, 5) is 28.9. The van der Waals surface area contributed by atoms with Crippen molar-refractivity contribution in [2.45, 2.75) is 12.8 Å². The molecule has 3 rings (SSSR count). The van der Waals surface area contributed by atoms with Gasteiger partial charge in [-0.2, -0.15) is 0 Å². The van der Waals surface area contributed by atoms with Gasteiger partial charge in [0.05, 0.1) is 20.6 Å². The molecule has 1 saturated heterocycles. The minimum atomic E-state index is -0.374. The average molecular weight is 400 g/mol. The molecule has 0 bridgehead atoms. The maximum atomic E-state index is 13.8. The lowest BCUT2D eigenvalue weighted by molar-refractivity contribution is -0.130. The number of rotatable bonds is 5. The van der Waals surface area contributed by atoms with Crippen molar-refractivity contribution in [2.75, 3.05) is 40.4 Å². The molecular formula is C22H25FN2O4. The first-order valence-electron chi connectivity index (χ1n) is 9.56. The Kier molecular flexibility index (Phi) is 6.69. The van der Waals surface area contributed by atoms with Gasteiger partial charge in [0, 0.05) is 31.7 Å². The number of benzene rings is 2. The van der Waals surface area contributed by atoms with Crippen molar-refractivity contribution >= 4 is 11.8 Å². The van der Waals surface area contributed by atoms with Crippen LogP contribution in [0, 0.1) is 5.82 Å². The smallest absolute Gasteiger partial charge is 0.254 e. The lowest BCUT2D eigenvalue weighted by Gasteiger charge is -2.22. The maximum Gasteiger partial charge on any atom is 0.254 e. The van der Waals surface area contributed by atoms with Crippen LogP contribution in [0.1, 0.15) is 22.3 Å². The van der Waals surface area contributed by atoms with Crippen LogP contribution in [0.3, 0.4) is 0 Å². The van der Waals surface area contributed by atoms with E-state index in [2.05, 4.69) is 0 Å². The van der Waals surface area contributed by atoms with E-state index in [0.29, 0.717) is 55.2 Å². The van der Waals surface area contributed by atoms with Crippen LogP contribution < -0.4 is 9.47 Å². The molecule has 2 aromatic carbocycles. The van der Waals surface area contributed by atoms with Crippen LogP contribution in [-0.2, 0) is 11.2 Å². The van der Waals surface area contributed by atoms with Crippen LogP contribution in [0.25, 0.3) is 0 Å². The second-order valence-electron chi connectivity index (χ2n) is 6.86. The first-order valence-corrected chi connectivity index (χ1v) is 9.56. The summed E-state index contributed by atoms with van der Waals surface area (Å²) in [6.07, 6.45) is 0.693. The molecule has 2 aromatic rings. The summed E-state index contributed by atoms with van der Waals surface area (Å²) >= 11 is 0. The quantitative estimate of drug-likeness (QED) is 0.775. The molecule has 1 fully saturated rings. The van der Waals surface area contributed by atoms with Crippen LogP contribution in [-0.4, -0.2) is 62.0 Å². The first kappa shape index (κ1) is 20.6. The second-order valence-corrected chi connectivity index (χ2v) is 6.86. The highest BCUT2D eigenvalue weighted by Crippen LogP contribution is 2.28. The minimum Gasteiger partial charge on any atom is -0.493 e. The van der Waals surface area contributed by atoms with Crippen molar-refractivity contribution in [2.24, 2.45) is 0 Å². The summed E-state index contributed by atoms with van der Waals surface area (Å²) in [5.41, 5.74) is 0.897. The van der Waals surface area contributed by atoms with Crippen LogP contribution in [0.2, 0.25) is 0 Å². The van der Waals surface area contributed by atoms with E-state index in [1.165, 1.54) is 13.2 Å². The molecule has 1 heterocycles. The van der Waals surface area contributed by atoms with Gasteiger partial charge in [-0.3, -0.25) is 9.59 Å². The number of nitrogens with zero attached hydrogens (tertiary/aromatic N) is 2. The molecule has 0 saturated carbocycles. The van der Waals surface area contributed by atoms with E-state index in [-0.39, 0.29) is 24.1 Å². The molecule has 0 unspecified atom stereocenters. The largest absolute Gasteiger partial charge is 0.493 e. The number of carbonyl (C=O) groups is 2. The first-order chi connectivity index (χ1) is 14.0. The second kappa shape index (κ2) is 9.41. The van der Waals surface area contributed by atoms with Crippen molar-refractivity contribution in [1.82, 2.24) is 9.80 Å². The van der Waals surface area contributed by atoms with Crippen molar-refractivity contribution in [3.05, 3.63) is 59.4 Å². The van der Waals surface area contributed by atoms with Crippen molar-refractivity contribution in [3.63, 3.8) is 0 Å². The predicted octanol–water partition coefficient (Wildman–Crippen LogP) is 2.76. The van der Waals surface area contributed by atoms with E-state index in [9.17, 15) is 14.0 Å². The molecule has 0 spiro atoms. The summed E-state index contributed by atoms with van der Waals surface area (Å²) in [6.45, 7) is 1.95. The number of ether oxygens (including phenoxy) is 2. The van der Waals surface area contributed by atoms with E-state index < -0.39 is 0 Å². The highest BCUT2D eigenvalue weighted by Gasteiger charge is 2.24. The predicted molar refractivity (Wildman–Crippen MR) is 107 cm³/mol. The van der Waals surface area contributed by atoms with E-state index in [1.54, 1.807) is 53.3 Å². The summed E-state index contributed by atoms with van der Waals surface area (Å²) < 4.78 is 24.3. The molecule has 0 N–H and O–H groups in total. The highest BCUT2D eigenvalue weighted by atomic mass is 19.1. The van der Waals surface area contributed by atoms with Crippen molar-refractivity contribution in [3.8, 4) is 11.5 Å². The van der Waals surface area contributed by atoms with Crippen LogP contribution in [0.15, 0.2) is 42.5 Å². The molecule has 0 radical (unpaired) electrons. The summed E-state index contributed by atoms with van der Waals surface area (Å²) in [7, 11) is 3.07. The third-order valence-corrected chi connectivity index (χ3v) is 5.07. The highest BCUT2D eigenvalue weighted by molar-refractivity contribution is 5.95. The molecule has 0 aliphatic carbocycles. The number of carbonyl (C=O) groups excluding carboxylic acids is 2. The molecule has 29 heavy (non-hydrogen) atoms. The Morgan fingerprint density at radius 1 is 0.931 bits per heavy atom. The lowest BCUT2D eigenvalue weighted by Crippen LogP contribution is -2.38. The summed E-state index contributed by atoms with van der Waals surface area (Å²) in [5, 5.41) is 0. The normalized spacial score (nSPS) is 14.3. The number of amides is 2. The molecule has 1 aliphatic heterocycles. The number of halogens is 1.